The van der Waals surface area contributed by atoms with Crippen molar-refractivity contribution in [2.45, 2.75) is 22.7 Å². The van der Waals surface area contributed by atoms with Gasteiger partial charge in [-0.3, -0.25) is 14.5 Å². The summed E-state index contributed by atoms with van der Waals surface area (Å²) in [5.41, 5.74) is 16.6. The molecule has 240 valence electrons. The van der Waals surface area contributed by atoms with E-state index in [4.69, 9.17) is 22.0 Å². The van der Waals surface area contributed by atoms with Crippen LogP contribution in [0.5, 0.6) is 11.5 Å². The molecule has 21 heteroatoms. The first-order chi connectivity index (χ1) is 21.8. The third kappa shape index (κ3) is 6.55. The zero-order valence-corrected chi connectivity index (χ0v) is 25.5. The number of hydrogen-bond donors (Lipinski definition) is 8. The van der Waals surface area contributed by atoms with Crippen LogP contribution in [0.15, 0.2) is 51.2 Å². The first-order valence-electron chi connectivity index (χ1n) is 12.8. The van der Waals surface area contributed by atoms with E-state index < -0.39 is 58.5 Å². The molecule has 3 atom stereocenters. The van der Waals surface area contributed by atoms with Gasteiger partial charge < -0.3 is 47.8 Å². The van der Waals surface area contributed by atoms with Crippen molar-refractivity contribution in [2.75, 3.05) is 28.7 Å². The number of carboxylic acids is 2. The lowest BCUT2D eigenvalue weighted by molar-refractivity contribution is -0.151. The van der Waals surface area contributed by atoms with Crippen molar-refractivity contribution in [1.29, 1.82) is 0 Å². The van der Waals surface area contributed by atoms with Crippen LogP contribution in [0.3, 0.4) is 0 Å². The fourth-order valence-electron chi connectivity index (χ4n) is 4.34. The molecular formula is C25H23N9O9S3. The van der Waals surface area contributed by atoms with Crippen LogP contribution in [-0.2, 0) is 24.0 Å². The number of benzene rings is 1. The SMILES string of the molecule is Nc1cc(N)nc(SCC2=C(C(=O)O)N3C(=O)C(NC(=O)/C(=N\O[C@H](C(=O)O)c4ccc(O)c(O)c4)c4csc(N)n4)[C@@H]3SC2)n1. The quantitative estimate of drug-likeness (QED) is 0.0332. The highest BCUT2D eigenvalue weighted by molar-refractivity contribution is 8.01. The summed E-state index contributed by atoms with van der Waals surface area (Å²) in [6.07, 6.45) is -1.83. The van der Waals surface area contributed by atoms with Gasteiger partial charge in [0, 0.05) is 28.5 Å². The van der Waals surface area contributed by atoms with Gasteiger partial charge in [-0.05, 0) is 17.7 Å². The molecule has 1 saturated heterocycles. The molecule has 18 nitrogen and oxygen atoms in total. The molecule has 1 unspecified atom stereocenters. The van der Waals surface area contributed by atoms with Crippen molar-refractivity contribution in [1.82, 2.24) is 25.2 Å². The summed E-state index contributed by atoms with van der Waals surface area (Å²) in [5.74, 6) is -5.10. The standard InChI is InChI=1S/C25H23N9O9S3/c26-13-4-14(27)31-25(30-13)46-6-9-5-44-21-16(20(38)34(21)17(9)22(39)40)32-19(37)15(10-7-45-24(28)29-10)33-43-18(23(41)42)8-1-2-11(35)12(36)3-8/h1-4,7,16,18,21,35-36H,5-6H2,(H2,28,29)(H,32,37)(H,39,40)(H,41,42)(H4,26,27,30,31)/b33-15-/t16?,18-,21-/m0/s1. The van der Waals surface area contributed by atoms with Crippen LogP contribution in [0.4, 0.5) is 16.8 Å². The van der Waals surface area contributed by atoms with Crippen molar-refractivity contribution in [3.05, 3.63) is 52.2 Å². The van der Waals surface area contributed by atoms with Gasteiger partial charge in [-0.15, -0.1) is 23.1 Å². The number of amides is 2. The van der Waals surface area contributed by atoms with E-state index in [0.29, 0.717) is 5.57 Å². The van der Waals surface area contributed by atoms with Gasteiger partial charge in [0.15, 0.2) is 27.5 Å². The Morgan fingerprint density at radius 2 is 1.83 bits per heavy atom. The van der Waals surface area contributed by atoms with Crippen LogP contribution in [0.2, 0.25) is 0 Å². The average molecular weight is 690 g/mol. The Morgan fingerprint density at radius 1 is 1.11 bits per heavy atom. The van der Waals surface area contributed by atoms with Gasteiger partial charge in [-0.25, -0.2) is 24.5 Å². The second kappa shape index (κ2) is 13.0. The van der Waals surface area contributed by atoms with E-state index in [1.807, 2.05) is 0 Å². The second-order valence-corrected chi connectivity index (χ2v) is 12.4. The number of phenolic OH excluding ortho intramolecular Hbond substituents is 2. The van der Waals surface area contributed by atoms with Gasteiger partial charge in [-0.2, -0.15) is 0 Å². The van der Waals surface area contributed by atoms with E-state index in [1.54, 1.807) is 0 Å². The molecule has 1 aromatic carbocycles. The maximum absolute atomic E-state index is 13.4. The number of thioether (sulfide) groups is 2. The fraction of sp³-hybridized carbons (Fsp3) is 0.200. The van der Waals surface area contributed by atoms with E-state index in [0.717, 1.165) is 40.1 Å². The number of nitrogens with zero attached hydrogens (tertiary/aromatic N) is 5. The lowest BCUT2D eigenvalue weighted by atomic mass is 10.0. The minimum atomic E-state index is -1.83. The number of carbonyl (C=O) groups is 4. The number of aromatic hydroxyl groups is 2. The molecule has 11 N–H and O–H groups in total. The highest BCUT2D eigenvalue weighted by Crippen LogP contribution is 2.41. The number of nitrogens with one attached hydrogen (secondary N) is 1. The number of carboxylic acid groups (broad SMARTS) is 2. The van der Waals surface area contributed by atoms with Gasteiger partial charge in [0.25, 0.3) is 11.8 Å². The summed E-state index contributed by atoms with van der Waals surface area (Å²) in [5, 5.41) is 46.1. The first-order valence-corrected chi connectivity index (χ1v) is 15.7. The normalized spacial score (nSPS) is 18.4. The lowest BCUT2D eigenvalue weighted by Gasteiger charge is -2.49. The van der Waals surface area contributed by atoms with Crippen LogP contribution in [-0.4, -0.2) is 92.7 Å². The third-order valence-corrected chi connectivity index (χ3v) is 9.36. The van der Waals surface area contributed by atoms with E-state index in [1.165, 1.54) is 29.3 Å². The highest BCUT2D eigenvalue weighted by atomic mass is 32.2. The van der Waals surface area contributed by atoms with E-state index in [9.17, 15) is 39.6 Å². The topological polar surface area (TPSA) is 303 Å². The average Bonchev–Trinajstić information content (AvgIpc) is 3.42. The number of nitrogen functional groups attached to an aromatic ring is 3. The van der Waals surface area contributed by atoms with Crippen LogP contribution in [0, 0.1) is 0 Å². The lowest BCUT2D eigenvalue weighted by Crippen LogP contribution is -2.71. The van der Waals surface area contributed by atoms with Gasteiger partial charge in [-0.1, -0.05) is 23.0 Å². The van der Waals surface area contributed by atoms with Crippen LogP contribution >= 0.6 is 34.9 Å². The molecule has 2 aliphatic heterocycles. The largest absolute Gasteiger partial charge is 0.504 e. The number of anilines is 3. The number of fused-ring (bicyclic) bond motifs is 1. The van der Waals surface area contributed by atoms with Crippen molar-refractivity contribution in [3.63, 3.8) is 0 Å². The molecule has 0 aliphatic carbocycles. The molecule has 3 aromatic rings. The Morgan fingerprint density at radius 3 is 2.43 bits per heavy atom. The van der Waals surface area contributed by atoms with Crippen LogP contribution in [0.25, 0.3) is 0 Å². The summed E-state index contributed by atoms with van der Waals surface area (Å²) < 4.78 is 0. The smallest absolute Gasteiger partial charge is 0.352 e. The first kappa shape index (κ1) is 32.1. The number of β-lactam (4-membered cyclic amide) rings is 1. The monoisotopic (exact) mass is 689 g/mol. The molecule has 2 amide bonds. The molecular weight excluding hydrogens is 667 g/mol. The van der Waals surface area contributed by atoms with Crippen molar-refractivity contribution in [2.24, 2.45) is 5.16 Å². The summed E-state index contributed by atoms with van der Waals surface area (Å²) in [7, 11) is 0. The van der Waals surface area contributed by atoms with Crippen molar-refractivity contribution in [3.8, 4) is 11.5 Å². The molecule has 0 saturated carbocycles. The number of rotatable bonds is 11. The zero-order chi connectivity index (χ0) is 33.3. The molecule has 2 aliphatic rings. The number of oxime groups is 1. The van der Waals surface area contributed by atoms with Crippen LogP contribution in [0.1, 0.15) is 17.4 Å². The Hall–Kier alpha value is -5.28. The molecule has 0 bridgehead atoms. The third-order valence-electron chi connectivity index (χ3n) is 6.41. The Balaban J connectivity index is 1.35. The summed E-state index contributed by atoms with van der Waals surface area (Å²) >= 11 is 3.26. The number of aromatic nitrogens is 3. The predicted octanol–water partition coefficient (Wildman–Crippen LogP) is 0.168. The maximum atomic E-state index is 13.4. The highest BCUT2D eigenvalue weighted by Gasteiger charge is 2.54. The predicted molar refractivity (Wildman–Crippen MR) is 166 cm³/mol. The van der Waals surface area contributed by atoms with E-state index in [-0.39, 0.29) is 50.4 Å². The van der Waals surface area contributed by atoms with E-state index in [2.05, 4.69) is 25.4 Å². The van der Waals surface area contributed by atoms with Crippen molar-refractivity contribution >= 4 is 81.1 Å². The van der Waals surface area contributed by atoms with Gasteiger partial charge in [0.1, 0.15) is 34.4 Å². The van der Waals surface area contributed by atoms with Gasteiger partial charge in [0.2, 0.25) is 6.10 Å². The molecule has 1 fully saturated rings. The molecule has 2 aromatic heterocycles. The minimum Gasteiger partial charge on any atom is -0.504 e. The zero-order valence-electron chi connectivity index (χ0n) is 23.1. The Bertz CT molecular complexity index is 1800. The minimum absolute atomic E-state index is 0.0513. The molecule has 4 heterocycles. The summed E-state index contributed by atoms with van der Waals surface area (Å²) in [6, 6.07) is 3.36. The number of phenols is 2. The van der Waals surface area contributed by atoms with Gasteiger partial charge >= 0.3 is 11.9 Å². The second-order valence-electron chi connectivity index (χ2n) is 9.49. The number of hydrogen-bond acceptors (Lipinski definition) is 17. The van der Waals surface area contributed by atoms with Gasteiger partial charge in [0.05, 0.1) is 0 Å². The summed E-state index contributed by atoms with van der Waals surface area (Å²) in [6.45, 7) is 0. The number of aliphatic carboxylic acids is 2. The molecule has 5 rings (SSSR count). The molecule has 0 radical (unpaired) electrons. The number of carbonyl (C=O) groups excluding carboxylic acids is 2. The van der Waals surface area contributed by atoms with Crippen molar-refractivity contribution < 1.29 is 44.4 Å². The van der Waals surface area contributed by atoms with Crippen LogP contribution < -0.4 is 22.5 Å². The summed E-state index contributed by atoms with van der Waals surface area (Å²) in [4.78, 5) is 69.2. The van der Waals surface area contributed by atoms with E-state index >= 15 is 0 Å². The Labute approximate surface area is 270 Å². The molecule has 46 heavy (non-hydrogen) atoms. The number of thiazole rings is 1. The molecule has 0 spiro atoms. The fourth-order valence-corrected chi connectivity index (χ4v) is 7.25. The Kier molecular flexibility index (Phi) is 9.07. The maximum Gasteiger partial charge on any atom is 0.352 e. The number of nitrogens with two attached hydrogens (primary N) is 3.